The van der Waals surface area contributed by atoms with E-state index in [2.05, 4.69) is 9.97 Å². The number of ether oxygens (including phenoxy) is 1. The maximum atomic E-state index is 14.6. The number of nitrogens with zero attached hydrogens (tertiary/aromatic N) is 4. The number of aromatic nitrogens is 2. The van der Waals surface area contributed by atoms with Gasteiger partial charge in [0.15, 0.2) is 28.2 Å². The van der Waals surface area contributed by atoms with Crippen molar-refractivity contribution < 1.29 is 45.4 Å². The minimum Gasteiger partial charge on any atom is -0.488 e. The number of carboxylic acids is 1. The molecule has 1 aromatic heterocycles. The van der Waals surface area contributed by atoms with Gasteiger partial charge < -0.3 is 14.7 Å². The van der Waals surface area contributed by atoms with Gasteiger partial charge in [0.2, 0.25) is 15.9 Å². The minimum absolute atomic E-state index is 0.0113. The van der Waals surface area contributed by atoms with Gasteiger partial charge in [-0.25, -0.2) is 30.8 Å². The van der Waals surface area contributed by atoms with Crippen molar-refractivity contribution in [3.63, 3.8) is 0 Å². The first-order valence-corrected chi connectivity index (χ1v) is 17.4. The van der Waals surface area contributed by atoms with E-state index in [9.17, 15) is 40.7 Å². The SMILES string of the molecule is O=C(O)c1ccc(N(Cc2cnc(C3CCCCC3)cn2)C(=O)C2CCN2S(=O)(=O)c2c(F)c(F)cc(F)c2F)cc1OCc1ccccc1. The number of anilines is 1. The third-order valence-electron chi connectivity index (χ3n) is 8.97. The summed E-state index contributed by atoms with van der Waals surface area (Å²) in [6.07, 6.45) is 8.29. The maximum Gasteiger partial charge on any atom is 0.339 e. The number of hydrogen-bond acceptors (Lipinski definition) is 7. The van der Waals surface area contributed by atoms with Crippen molar-refractivity contribution in [2.45, 2.75) is 68.5 Å². The van der Waals surface area contributed by atoms with E-state index in [0.29, 0.717) is 10.00 Å². The van der Waals surface area contributed by atoms with Crippen LogP contribution in [0.4, 0.5) is 23.2 Å². The first kappa shape index (κ1) is 35.0. The molecule has 2 aliphatic rings. The zero-order valence-corrected chi connectivity index (χ0v) is 27.4. The van der Waals surface area contributed by atoms with Crippen LogP contribution in [0.1, 0.15) is 71.8 Å². The summed E-state index contributed by atoms with van der Waals surface area (Å²) in [7, 11) is -5.25. The van der Waals surface area contributed by atoms with Crippen LogP contribution >= 0.6 is 0 Å². The second-order valence-corrected chi connectivity index (χ2v) is 14.0. The topological polar surface area (TPSA) is 130 Å². The fourth-order valence-electron chi connectivity index (χ4n) is 6.20. The Morgan fingerprint density at radius 1 is 0.900 bits per heavy atom. The Bertz CT molecular complexity index is 1990. The van der Waals surface area contributed by atoms with Gasteiger partial charge in [0.1, 0.15) is 24.0 Å². The molecule has 1 N–H and O–H groups in total. The van der Waals surface area contributed by atoms with Crippen LogP contribution in [-0.4, -0.2) is 52.3 Å². The van der Waals surface area contributed by atoms with E-state index in [1.54, 1.807) is 36.5 Å². The summed E-state index contributed by atoms with van der Waals surface area (Å²) < 4.78 is 90.5. The number of benzene rings is 3. The standard InChI is InChI=1S/C35H32F4N4O6S/c36-26-16-27(37)32(39)33(31(26)38)50(47,48)43-14-13-29(43)34(44)42(19-23-17-41-28(18-40-23)22-9-5-2-6-10-22)24-11-12-25(35(45)46)30(15-24)49-20-21-7-3-1-4-8-21/h1,3-4,7-8,11-12,15-18,22,29H,2,5-6,9-10,13-14,19-20H2,(H,45,46). The van der Waals surface area contributed by atoms with Crippen molar-refractivity contribution in [1.29, 1.82) is 0 Å². The Kier molecular flexibility index (Phi) is 10.2. The van der Waals surface area contributed by atoms with E-state index in [0.717, 1.165) is 48.3 Å². The predicted octanol–water partition coefficient (Wildman–Crippen LogP) is 6.35. The average Bonchev–Trinajstić information content (AvgIpc) is 3.09. The van der Waals surface area contributed by atoms with Crippen molar-refractivity contribution in [1.82, 2.24) is 14.3 Å². The van der Waals surface area contributed by atoms with Gasteiger partial charge in [-0.3, -0.25) is 14.8 Å². The molecule has 1 atom stereocenters. The van der Waals surface area contributed by atoms with Crippen LogP contribution in [0.3, 0.4) is 0 Å². The van der Waals surface area contributed by atoms with Crippen molar-refractivity contribution in [3.8, 4) is 5.75 Å². The average molecular weight is 713 g/mol. The summed E-state index contributed by atoms with van der Waals surface area (Å²) in [5.74, 6) is -10.1. The van der Waals surface area contributed by atoms with Crippen molar-refractivity contribution in [3.05, 3.63) is 113 Å². The smallest absolute Gasteiger partial charge is 0.339 e. The van der Waals surface area contributed by atoms with Crippen LogP contribution in [0.5, 0.6) is 5.75 Å². The third-order valence-corrected chi connectivity index (χ3v) is 10.9. The molecule has 15 heteroatoms. The molecule has 1 aliphatic carbocycles. The van der Waals surface area contributed by atoms with Crippen molar-refractivity contribution in [2.75, 3.05) is 11.4 Å². The summed E-state index contributed by atoms with van der Waals surface area (Å²) in [6, 6.07) is 11.1. The molecule has 4 aromatic rings. The molecule has 1 aliphatic heterocycles. The van der Waals surface area contributed by atoms with Gasteiger partial charge in [0.05, 0.1) is 24.1 Å². The Labute approximate surface area is 285 Å². The molecule has 6 rings (SSSR count). The number of aromatic carboxylic acids is 1. The molecule has 50 heavy (non-hydrogen) atoms. The van der Waals surface area contributed by atoms with E-state index in [1.807, 2.05) is 0 Å². The van der Waals surface area contributed by atoms with E-state index >= 15 is 0 Å². The van der Waals surface area contributed by atoms with Gasteiger partial charge in [-0.05, 0) is 37.0 Å². The lowest BCUT2D eigenvalue weighted by atomic mass is 9.87. The zero-order valence-electron chi connectivity index (χ0n) is 26.6. The largest absolute Gasteiger partial charge is 0.488 e. The van der Waals surface area contributed by atoms with Gasteiger partial charge in [0.25, 0.3) is 0 Å². The molecule has 262 valence electrons. The lowest BCUT2D eigenvalue weighted by molar-refractivity contribution is -0.125. The molecule has 0 radical (unpaired) electrons. The second-order valence-electron chi connectivity index (χ2n) is 12.2. The molecule has 2 fully saturated rings. The summed E-state index contributed by atoms with van der Waals surface area (Å²) in [5, 5.41) is 9.86. The number of carbonyl (C=O) groups excluding carboxylic acids is 1. The monoisotopic (exact) mass is 712 g/mol. The molecular formula is C35H32F4N4O6S. The van der Waals surface area contributed by atoms with E-state index in [1.165, 1.54) is 24.4 Å². The molecule has 1 saturated heterocycles. The van der Waals surface area contributed by atoms with Gasteiger partial charge in [-0.2, -0.15) is 4.31 Å². The van der Waals surface area contributed by atoms with E-state index in [4.69, 9.17) is 4.74 Å². The van der Waals surface area contributed by atoms with Gasteiger partial charge >= 0.3 is 5.97 Å². The third kappa shape index (κ3) is 7.05. The second kappa shape index (κ2) is 14.5. The van der Waals surface area contributed by atoms with Crippen LogP contribution in [0.25, 0.3) is 0 Å². The molecule has 3 aromatic carbocycles. The van der Waals surface area contributed by atoms with Crippen LogP contribution in [0, 0.1) is 23.3 Å². The Hall–Kier alpha value is -4.89. The first-order valence-electron chi connectivity index (χ1n) is 16.0. The Morgan fingerprint density at radius 2 is 1.60 bits per heavy atom. The predicted molar refractivity (Wildman–Crippen MR) is 172 cm³/mol. The number of carbonyl (C=O) groups is 2. The van der Waals surface area contributed by atoms with Crippen LogP contribution in [0.2, 0.25) is 0 Å². The van der Waals surface area contributed by atoms with Crippen LogP contribution < -0.4 is 9.64 Å². The number of halogens is 4. The number of carboxylic acid groups (broad SMARTS) is 1. The lowest BCUT2D eigenvalue weighted by Crippen LogP contribution is -2.59. The number of amides is 1. The highest BCUT2D eigenvalue weighted by Crippen LogP contribution is 2.36. The molecular weight excluding hydrogens is 680 g/mol. The summed E-state index contributed by atoms with van der Waals surface area (Å²) >= 11 is 0. The molecule has 2 heterocycles. The summed E-state index contributed by atoms with van der Waals surface area (Å²) in [6.45, 7) is -0.644. The van der Waals surface area contributed by atoms with Crippen LogP contribution in [-0.2, 0) is 28.0 Å². The van der Waals surface area contributed by atoms with Crippen LogP contribution in [0.15, 0.2) is 71.9 Å². The fraction of sp³-hybridized carbons (Fsp3) is 0.314. The highest BCUT2D eigenvalue weighted by molar-refractivity contribution is 7.89. The summed E-state index contributed by atoms with van der Waals surface area (Å²) in [5.41, 5.74) is 1.74. The molecule has 10 nitrogen and oxygen atoms in total. The number of sulfonamides is 1. The van der Waals surface area contributed by atoms with E-state index in [-0.39, 0.29) is 55.1 Å². The zero-order chi connectivity index (χ0) is 35.6. The lowest BCUT2D eigenvalue weighted by Gasteiger charge is -2.41. The number of rotatable bonds is 11. The van der Waals surface area contributed by atoms with Crippen molar-refractivity contribution >= 4 is 27.6 Å². The molecule has 1 saturated carbocycles. The molecule has 0 bridgehead atoms. The highest BCUT2D eigenvalue weighted by Gasteiger charge is 2.47. The van der Waals surface area contributed by atoms with Gasteiger partial charge in [-0.15, -0.1) is 0 Å². The highest BCUT2D eigenvalue weighted by atomic mass is 32.2. The van der Waals surface area contributed by atoms with Gasteiger partial charge in [0, 0.05) is 36.5 Å². The van der Waals surface area contributed by atoms with E-state index < -0.39 is 56.1 Å². The summed E-state index contributed by atoms with van der Waals surface area (Å²) in [4.78, 5) is 34.7. The maximum absolute atomic E-state index is 14.6. The molecule has 1 amide bonds. The first-order chi connectivity index (χ1) is 24.0. The van der Waals surface area contributed by atoms with Crippen molar-refractivity contribution in [2.24, 2.45) is 0 Å². The molecule has 1 unspecified atom stereocenters. The fourth-order valence-corrected chi connectivity index (χ4v) is 7.96. The number of hydrogen-bond donors (Lipinski definition) is 1. The normalized spacial score (nSPS) is 16.8. The molecule has 0 spiro atoms. The minimum atomic E-state index is -5.25. The Morgan fingerprint density at radius 3 is 2.20 bits per heavy atom. The van der Waals surface area contributed by atoms with Gasteiger partial charge in [-0.1, -0.05) is 49.6 Å². The Balaban J connectivity index is 1.35. The quantitative estimate of drug-likeness (QED) is 0.141.